The van der Waals surface area contributed by atoms with Crippen LogP contribution in [0, 0.1) is 0 Å². The van der Waals surface area contributed by atoms with E-state index in [0.717, 1.165) is 11.0 Å². The third-order valence-electron chi connectivity index (χ3n) is 1.29. The lowest BCUT2D eigenvalue weighted by atomic mass is 10.2. The second-order valence-electron chi connectivity index (χ2n) is 2.57. The zero-order chi connectivity index (χ0) is 10.1. The van der Waals surface area contributed by atoms with Gasteiger partial charge in [0.2, 0.25) is 0 Å². The zero-order valence-corrected chi connectivity index (χ0v) is 9.76. The lowest BCUT2D eigenvalue weighted by Crippen LogP contribution is -2.04. The van der Waals surface area contributed by atoms with Gasteiger partial charge < -0.3 is 5.32 Å². The van der Waals surface area contributed by atoms with Gasteiger partial charge in [-0.25, -0.2) is 0 Å². The van der Waals surface area contributed by atoms with E-state index in [0.29, 0.717) is 0 Å². The summed E-state index contributed by atoms with van der Waals surface area (Å²) in [5.74, 6) is 0. The molecule has 0 fully saturated rings. The molecule has 1 aromatic rings. The van der Waals surface area contributed by atoms with Gasteiger partial charge >= 0.3 is 0 Å². The Hall–Kier alpha value is -0.600. The molecule has 1 nitrogen and oxygen atoms in total. The van der Waals surface area contributed by atoms with Crippen molar-refractivity contribution >= 4 is 15.9 Å². The van der Waals surface area contributed by atoms with E-state index in [1.54, 1.807) is 6.08 Å². The van der Waals surface area contributed by atoms with Gasteiger partial charge in [-0.15, -0.1) is 6.58 Å². The van der Waals surface area contributed by atoms with Gasteiger partial charge in [0.05, 0.1) is 0 Å². The van der Waals surface area contributed by atoms with Crippen molar-refractivity contribution in [1.82, 2.24) is 5.32 Å². The predicted molar refractivity (Wildman–Crippen MR) is 62.8 cm³/mol. The predicted octanol–water partition coefficient (Wildman–Crippen LogP) is 3.36. The van der Waals surface area contributed by atoms with Gasteiger partial charge in [-0.3, -0.25) is 0 Å². The Morgan fingerprint density at radius 2 is 1.85 bits per heavy atom. The molecular weight excluding hydrogens is 226 g/mol. The van der Waals surface area contributed by atoms with Crippen molar-refractivity contribution in [2.45, 2.75) is 13.5 Å². The molecule has 1 N–H and O–H groups in total. The topological polar surface area (TPSA) is 12.0 Å². The quantitative estimate of drug-likeness (QED) is 0.784. The number of halogens is 1. The van der Waals surface area contributed by atoms with E-state index < -0.39 is 0 Å². The molecular formula is C11H16BrN. The molecule has 0 bridgehead atoms. The van der Waals surface area contributed by atoms with Gasteiger partial charge in [0.15, 0.2) is 0 Å². The molecule has 0 heterocycles. The minimum atomic E-state index is 0.938. The minimum absolute atomic E-state index is 0.938. The molecule has 0 amide bonds. The fourth-order valence-electron chi connectivity index (χ4n) is 0.806. The first-order valence-corrected chi connectivity index (χ1v) is 5.00. The van der Waals surface area contributed by atoms with Crippen molar-refractivity contribution in [3.8, 4) is 0 Å². The highest BCUT2D eigenvalue weighted by Crippen LogP contribution is 2.09. The van der Waals surface area contributed by atoms with Crippen LogP contribution in [-0.2, 0) is 6.54 Å². The van der Waals surface area contributed by atoms with Crippen molar-refractivity contribution in [2.75, 3.05) is 7.05 Å². The zero-order valence-electron chi connectivity index (χ0n) is 8.18. The summed E-state index contributed by atoms with van der Waals surface area (Å²) in [5, 5.41) is 3.09. The van der Waals surface area contributed by atoms with Crippen LogP contribution in [0.25, 0.3) is 0 Å². The molecule has 13 heavy (non-hydrogen) atoms. The Morgan fingerprint density at radius 1 is 1.38 bits per heavy atom. The molecule has 0 saturated heterocycles. The average Bonchev–Trinajstić information content (AvgIpc) is 2.11. The lowest BCUT2D eigenvalue weighted by Gasteiger charge is -1.97. The first kappa shape index (κ1) is 12.4. The maximum atomic E-state index is 3.38. The fraction of sp³-hybridized carbons (Fsp3) is 0.273. The van der Waals surface area contributed by atoms with E-state index >= 15 is 0 Å². The minimum Gasteiger partial charge on any atom is -0.316 e. The van der Waals surface area contributed by atoms with Crippen LogP contribution in [0.2, 0.25) is 0 Å². The number of allylic oxidation sites excluding steroid dienone is 1. The Labute approximate surface area is 89.0 Å². The van der Waals surface area contributed by atoms with Gasteiger partial charge in [-0.2, -0.15) is 0 Å². The summed E-state index contributed by atoms with van der Waals surface area (Å²) in [7, 11) is 1.95. The van der Waals surface area contributed by atoms with Crippen LogP contribution >= 0.6 is 15.9 Å². The van der Waals surface area contributed by atoms with E-state index in [1.165, 1.54) is 5.56 Å². The summed E-state index contributed by atoms with van der Waals surface area (Å²) < 4.78 is 1.13. The first-order chi connectivity index (χ1) is 6.24. The molecule has 2 heteroatoms. The van der Waals surface area contributed by atoms with Gasteiger partial charge in [-0.1, -0.05) is 34.1 Å². The van der Waals surface area contributed by atoms with Crippen LogP contribution in [0.15, 0.2) is 41.4 Å². The maximum Gasteiger partial charge on any atom is 0.0202 e. The standard InChI is InChI=1S/C8H10BrN.C3H6/c1-10-6-7-2-4-8(9)5-3-7;1-3-2/h2-5,10H,6H2,1H3;3H,1H2,2H3. The summed E-state index contributed by atoms with van der Waals surface area (Å²) >= 11 is 3.38. The largest absolute Gasteiger partial charge is 0.316 e. The number of rotatable bonds is 2. The van der Waals surface area contributed by atoms with Crippen LogP contribution < -0.4 is 5.32 Å². The van der Waals surface area contributed by atoms with Crippen molar-refractivity contribution in [1.29, 1.82) is 0 Å². The smallest absolute Gasteiger partial charge is 0.0202 e. The molecule has 0 aliphatic rings. The molecule has 0 aromatic heterocycles. The van der Waals surface area contributed by atoms with Crippen molar-refractivity contribution < 1.29 is 0 Å². The number of hydrogen-bond acceptors (Lipinski definition) is 1. The monoisotopic (exact) mass is 241 g/mol. The lowest BCUT2D eigenvalue weighted by molar-refractivity contribution is 0.818. The summed E-state index contributed by atoms with van der Waals surface area (Å²) in [6.45, 7) is 6.19. The second kappa shape index (κ2) is 8.02. The van der Waals surface area contributed by atoms with Gasteiger partial charge in [0.25, 0.3) is 0 Å². The van der Waals surface area contributed by atoms with Gasteiger partial charge in [0, 0.05) is 11.0 Å². The molecule has 1 rings (SSSR count). The van der Waals surface area contributed by atoms with E-state index in [9.17, 15) is 0 Å². The van der Waals surface area contributed by atoms with E-state index in [2.05, 4.69) is 40.0 Å². The summed E-state index contributed by atoms with van der Waals surface area (Å²) in [4.78, 5) is 0. The Balaban J connectivity index is 0.000000424. The molecule has 0 unspecified atom stereocenters. The first-order valence-electron chi connectivity index (χ1n) is 4.20. The Kier molecular flexibility index (Phi) is 7.65. The Morgan fingerprint density at radius 3 is 2.23 bits per heavy atom. The van der Waals surface area contributed by atoms with Gasteiger partial charge in [0.1, 0.15) is 0 Å². The second-order valence-corrected chi connectivity index (χ2v) is 3.48. The van der Waals surface area contributed by atoms with E-state index in [-0.39, 0.29) is 0 Å². The Bertz CT molecular complexity index is 228. The molecule has 1 aromatic carbocycles. The van der Waals surface area contributed by atoms with Crippen LogP contribution in [-0.4, -0.2) is 7.05 Å². The summed E-state index contributed by atoms with van der Waals surface area (Å²) in [5.41, 5.74) is 1.31. The fourth-order valence-corrected chi connectivity index (χ4v) is 1.07. The third kappa shape index (κ3) is 6.55. The van der Waals surface area contributed by atoms with Crippen molar-refractivity contribution in [2.24, 2.45) is 0 Å². The number of hydrogen-bond donors (Lipinski definition) is 1. The van der Waals surface area contributed by atoms with Crippen molar-refractivity contribution in [3.63, 3.8) is 0 Å². The van der Waals surface area contributed by atoms with E-state index in [4.69, 9.17) is 0 Å². The van der Waals surface area contributed by atoms with Crippen LogP contribution in [0.3, 0.4) is 0 Å². The SMILES string of the molecule is C=CC.CNCc1ccc(Br)cc1. The molecule has 0 saturated carbocycles. The maximum absolute atomic E-state index is 3.38. The highest BCUT2D eigenvalue weighted by Gasteiger charge is 1.88. The van der Waals surface area contributed by atoms with Crippen LogP contribution in [0.5, 0.6) is 0 Å². The summed E-state index contributed by atoms with van der Waals surface area (Å²) in [6, 6.07) is 8.29. The number of benzene rings is 1. The highest BCUT2D eigenvalue weighted by atomic mass is 79.9. The van der Waals surface area contributed by atoms with Gasteiger partial charge in [-0.05, 0) is 31.7 Å². The average molecular weight is 242 g/mol. The van der Waals surface area contributed by atoms with E-state index in [1.807, 2.05) is 26.1 Å². The van der Waals surface area contributed by atoms with Crippen LogP contribution in [0.4, 0.5) is 0 Å². The van der Waals surface area contributed by atoms with Crippen LogP contribution in [0.1, 0.15) is 12.5 Å². The molecule has 0 spiro atoms. The highest BCUT2D eigenvalue weighted by molar-refractivity contribution is 9.10. The molecule has 72 valence electrons. The molecule has 0 radical (unpaired) electrons. The normalized spacial score (nSPS) is 8.54. The number of nitrogens with one attached hydrogen (secondary N) is 1. The van der Waals surface area contributed by atoms with Crippen molar-refractivity contribution in [3.05, 3.63) is 47.0 Å². The molecule has 0 atom stereocenters. The summed E-state index contributed by atoms with van der Waals surface area (Å²) in [6.07, 6.45) is 1.75. The molecule has 0 aliphatic carbocycles. The third-order valence-corrected chi connectivity index (χ3v) is 1.82. The molecule has 0 aliphatic heterocycles.